The lowest BCUT2D eigenvalue weighted by Gasteiger charge is -2.34. The summed E-state index contributed by atoms with van der Waals surface area (Å²) in [6.07, 6.45) is 3.51. The van der Waals surface area contributed by atoms with E-state index < -0.39 is 0 Å². The first-order valence-corrected chi connectivity index (χ1v) is 15.3. The highest BCUT2D eigenvalue weighted by Crippen LogP contribution is 2.21. The van der Waals surface area contributed by atoms with Gasteiger partial charge in [0, 0.05) is 70.0 Å². The van der Waals surface area contributed by atoms with Crippen LogP contribution < -0.4 is 11.2 Å². The van der Waals surface area contributed by atoms with Crippen LogP contribution in [0.15, 0.2) is 72.8 Å². The van der Waals surface area contributed by atoms with Crippen molar-refractivity contribution in [3.63, 3.8) is 0 Å². The summed E-state index contributed by atoms with van der Waals surface area (Å²) in [5.41, 5.74) is 14.4. The van der Waals surface area contributed by atoms with Crippen molar-refractivity contribution in [3.05, 3.63) is 101 Å². The summed E-state index contributed by atoms with van der Waals surface area (Å²) in [6, 6.07) is 24.2. The number of nitrogens with one attached hydrogen (secondary N) is 2. The maximum atomic E-state index is 13.2. The average Bonchev–Trinajstić information content (AvgIpc) is 3.39. The summed E-state index contributed by atoms with van der Waals surface area (Å²) in [7, 11) is 0. The van der Waals surface area contributed by atoms with Gasteiger partial charge in [0.05, 0.1) is 11.0 Å². The van der Waals surface area contributed by atoms with E-state index in [9.17, 15) is 4.79 Å². The number of aryl methyl sites for hydroxylation is 3. The maximum Gasteiger partial charge on any atom is 0.265 e. The van der Waals surface area contributed by atoms with Crippen LogP contribution in [0.1, 0.15) is 46.2 Å². The van der Waals surface area contributed by atoms with E-state index in [0.717, 1.165) is 92.9 Å². The number of hydrazine groups is 1. The van der Waals surface area contributed by atoms with Crippen LogP contribution in [-0.2, 0) is 30.5 Å². The number of benzene rings is 3. The molecule has 5 rings (SSSR count). The van der Waals surface area contributed by atoms with Gasteiger partial charge in [-0.05, 0) is 55.5 Å². The summed E-state index contributed by atoms with van der Waals surface area (Å²) >= 11 is 0. The Morgan fingerprint density at radius 1 is 0.907 bits per heavy atom. The van der Waals surface area contributed by atoms with Crippen LogP contribution >= 0.6 is 0 Å². The van der Waals surface area contributed by atoms with Gasteiger partial charge in [0.15, 0.2) is 0 Å². The molecule has 1 amide bonds. The fourth-order valence-electron chi connectivity index (χ4n) is 5.56. The van der Waals surface area contributed by atoms with E-state index in [0.29, 0.717) is 18.8 Å². The molecule has 1 aliphatic heterocycles. The van der Waals surface area contributed by atoms with Crippen molar-refractivity contribution in [3.8, 4) is 0 Å². The first-order valence-electron chi connectivity index (χ1n) is 15.3. The minimum Gasteiger partial charge on any atom is -0.384 e. The Kier molecular flexibility index (Phi) is 10.5. The lowest BCUT2D eigenvalue weighted by Crippen LogP contribution is -2.53. The van der Waals surface area contributed by atoms with E-state index in [1.54, 1.807) is 0 Å². The van der Waals surface area contributed by atoms with Gasteiger partial charge in [0.1, 0.15) is 11.7 Å². The fourth-order valence-corrected chi connectivity index (χ4v) is 5.56. The van der Waals surface area contributed by atoms with Gasteiger partial charge in [-0.3, -0.25) is 15.6 Å². The van der Waals surface area contributed by atoms with Crippen LogP contribution in [0.4, 0.5) is 0 Å². The molecular formula is C34H43N7O2. The summed E-state index contributed by atoms with van der Waals surface area (Å²) < 4.78 is 7.84. The number of amides is 1. The monoisotopic (exact) mass is 581 g/mol. The van der Waals surface area contributed by atoms with Crippen LogP contribution in [0.25, 0.3) is 11.0 Å². The third kappa shape index (κ3) is 8.28. The Morgan fingerprint density at radius 3 is 2.35 bits per heavy atom. The number of hydrogen-bond donors (Lipinski definition) is 3. The number of fused-ring (bicyclic) bond motifs is 1. The number of amidine groups is 1. The Balaban J connectivity index is 1.21. The quantitative estimate of drug-likeness (QED) is 0.118. The Morgan fingerprint density at radius 2 is 1.63 bits per heavy atom. The molecule has 2 heterocycles. The molecule has 43 heavy (non-hydrogen) atoms. The molecule has 1 aromatic heterocycles. The largest absolute Gasteiger partial charge is 0.384 e. The SMILES string of the molecule is CCOCCCn1c(CCc2ccc(C(=N)N)cc2)nc2cc(C(=O)NN3CCN(CCc4ccccc4)CC3)ccc21. The Hall–Kier alpha value is -4.05. The molecule has 9 heteroatoms. The van der Waals surface area contributed by atoms with Crippen LogP contribution in [0, 0.1) is 5.41 Å². The van der Waals surface area contributed by atoms with Gasteiger partial charge in [-0.25, -0.2) is 9.99 Å². The molecule has 0 aliphatic carbocycles. The molecule has 0 unspecified atom stereocenters. The molecule has 9 nitrogen and oxygen atoms in total. The van der Waals surface area contributed by atoms with Crippen molar-refractivity contribution in [2.24, 2.45) is 5.73 Å². The van der Waals surface area contributed by atoms with Crippen molar-refractivity contribution in [1.82, 2.24) is 24.9 Å². The van der Waals surface area contributed by atoms with Crippen molar-refractivity contribution in [1.29, 1.82) is 5.41 Å². The lowest BCUT2D eigenvalue weighted by molar-refractivity contribution is 0.0622. The maximum absolute atomic E-state index is 13.2. The van der Waals surface area contributed by atoms with Gasteiger partial charge in [0.2, 0.25) is 0 Å². The average molecular weight is 582 g/mol. The molecule has 4 aromatic rings. The second kappa shape index (κ2) is 14.9. The van der Waals surface area contributed by atoms with Gasteiger partial charge >= 0.3 is 0 Å². The number of nitrogens with two attached hydrogens (primary N) is 1. The predicted octanol–water partition coefficient (Wildman–Crippen LogP) is 4.04. The molecule has 226 valence electrons. The van der Waals surface area contributed by atoms with Crippen LogP contribution in [0.2, 0.25) is 0 Å². The molecule has 1 aliphatic rings. The second-order valence-electron chi connectivity index (χ2n) is 11.0. The Bertz CT molecular complexity index is 1490. The molecule has 0 bridgehead atoms. The predicted molar refractivity (Wildman–Crippen MR) is 171 cm³/mol. The van der Waals surface area contributed by atoms with E-state index in [4.69, 9.17) is 20.9 Å². The fraction of sp³-hybridized carbons (Fsp3) is 0.382. The normalized spacial score (nSPS) is 14.3. The standard InChI is InChI=1S/C34H43N7O2/c1-2-43-24-6-18-41-31-15-14-29(25-30(31)37-32(41)16-11-27-9-12-28(13-10-27)33(35)36)34(42)38-40-22-20-39(21-23-40)19-17-26-7-4-3-5-8-26/h3-5,7-10,12-15,25H,2,6,11,16-24H2,1H3,(H3,35,36)(H,38,42). The molecule has 4 N–H and O–H groups in total. The second-order valence-corrected chi connectivity index (χ2v) is 11.0. The van der Waals surface area contributed by atoms with Crippen molar-refractivity contribution < 1.29 is 9.53 Å². The summed E-state index contributed by atoms with van der Waals surface area (Å²) in [6.45, 7) is 8.70. The molecular weight excluding hydrogens is 538 g/mol. The van der Waals surface area contributed by atoms with Gasteiger partial charge in [-0.15, -0.1) is 0 Å². The van der Waals surface area contributed by atoms with Crippen molar-refractivity contribution in [2.45, 2.75) is 39.2 Å². The minimum absolute atomic E-state index is 0.0728. The third-order valence-corrected chi connectivity index (χ3v) is 8.06. The molecule has 0 spiro atoms. The number of nitrogens with zero attached hydrogens (tertiary/aromatic N) is 4. The van der Waals surface area contributed by atoms with Crippen LogP contribution in [0.5, 0.6) is 0 Å². The molecule has 3 aromatic carbocycles. The highest BCUT2D eigenvalue weighted by Gasteiger charge is 2.20. The molecule has 0 saturated carbocycles. The molecule has 0 radical (unpaired) electrons. The lowest BCUT2D eigenvalue weighted by atomic mass is 10.1. The number of piperazine rings is 1. The zero-order valence-corrected chi connectivity index (χ0v) is 25.1. The first-order chi connectivity index (χ1) is 21.0. The van der Waals surface area contributed by atoms with Gasteiger partial charge in [-0.1, -0.05) is 54.6 Å². The van der Waals surface area contributed by atoms with E-state index in [-0.39, 0.29) is 11.7 Å². The number of carbonyl (C=O) groups excluding carboxylic acids is 1. The van der Waals surface area contributed by atoms with Gasteiger partial charge in [-0.2, -0.15) is 0 Å². The Labute approximate surface area is 254 Å². The first kappa shape index (κ1) is 30.4. The molecule has 1 saturated heterocycles. The topological polar surface area (TPSA) is 112 Å². The summed E-state index contributed by atoms with van der Waals surface area (Å²) in [4.78, 5) is 20.7. The number of imidazole rings is 1. The van der Waals surface area contributed by atoms with Crippen molar-refractivity contribution >= 4 is 22.8 Å². The number of hydrogen-bond acceptors (Lipinski definition) is 6. The third-order valence-electron chi connectivity index (χ3n) is 8.06. The number of ether oxygens (including phenoxy) is 1. The molecule has 0 atom stereocenters. The molecule has 1 fully saturated rings. The number of aromatic nitrogens is 2. The number of nitrogen functional groups attached to an aromatic ring is 1. The zero-order valence-electron chi connectivity index (χ0n) is 25.1. The zero-order chi connectivity index (χ0) is 30.0. The highest BCUT2D eigenvalue weighted by molar-refractivity contribution is 5.97. The van der Waals surface area contributed by atoms with Gasteiger partial charge < -0.3 is 19.9 Å². The number of rotatable bonds is 14. The summed E-state index contributed by atoms with van der Waals surface area (Å²) in [5.74, 6) is 0.965. The van der Waals surface area contributed by atoms with Crippen LogP contribution in [-0.4, -0.2) is 77.1 Å². The highest BCUT2D eigenvalue weighted by atomic mass is 16.5. The van der Waals surface area contributed by atoms with E-state index in [2.05, 4.69) is 45.2 Å². The minimum atomic E-state index is -0.0994. The van der Waals surface area contributed by atoms with Gasteiger partial charge in [0.25, 0.3) is 5.91 Å². The number of carbonyl (C=O) groups is 1. The van der Waals surface area contributed by atoms with E-state index >= 15 is 0 Å². The smallest absolute Gasteiger partial charge is 0.265 e. The van der Waals surface area contributed by atoms with Crippen LogP contribution in [0.3, 0.4) is 0 Å². The van der Waals surface area contributed by atoms with Crippen molar-refractivity contribution in [2.75, 3.05) is 45.9 Å². The summed E-state index contributed by atoms with van der Waals surface area (Å²) in [5, 5.41) is 9.65. The van der Waals surface area contributed by atoms with E-state index in [1.807, 2.05) is 54.4 Å². The van der Waals surface area contributed by atoms with E-state index in [1.165, 1.54) is 5.56 Å².